The predicted molar refractivity (Wildman–Crippen MR) is 137 cm³/mol. The molecule has 2 amide bonds. The first-order valence-electron chi connectivity index (χ1n) is 13.0. The molecular weight excluding hydrogens is 430 g/mol. The number of likely N-dealkylation sites (N-methyl/N-ethyl adjacent to an activating group) is 1. The van der Waals surface area contributed by atoms with Gasteiger partial charge in [0.05, 0.1) is 18.7 Å². The zero-order chi connectivity index (χ0) is 26.2. The van der Waals surface area contributed by atoms with E-state index in [1.807, 2.05) is 27.7 Å². The second-order valence-corrected chi connectivity index (χ2v) is 10.7. The molecule has 0 spiro atoms. The molecule has 1 aliphatic rings. The lowest BCUT2D eigenvalue weighted by Crippen LogP contribution is -2.59. The van der Waals surface area contributed by atoms with Crippen molar-refractivity contribution in [1.82, 2.24) is 15.1 Å². The topological polar surface area (TPSA) is 79.0 Å². The lowest BCUT2D eigenvalue weighted by Gasteiger charge is -2.41. The van der Waals surface area contributed by atoms with Crippen LogP contribution >= 0.6 is 0 Å². The summed E-state index contributed by atoms with van der Waals surface area (Å²) in [6.45, 7) is 19.2. The van der Waals surface area contributed by atoms with Gasteiger partial charge >= 0.3 is 5.97 Å². The van der Waals surface area contributed by atoms with Crippen LogP contribution in [0.2, 0.25) is 0 Å². The summed E-state index contributed by atoms with van der Waals surface area (Å²) in [5, 5.41) is 3.10. The molecule has 1 heterocycles. The van der Waals surface area contributed by atoms with Crippen LogP contribution in [0.3, 0.4) is 0 Å². The fraction of sp³-hybridized carbons (Fsp3) is 0.815. The van der Waals surface area contributed by atoms with Crippen LogP contribution in [0.5, 0.6) is 0 Å². The quantitative estimate of drug-likeness (QED) is 0.358. The molecule has 7 nitrogen and oxygen atoms in total. The number of likely N-dealkylation sites (tertiary alicyclic amines) is 1. The number of carbonyl (C=O) groups is 3. The third-order valence-corrected chi connectivity index (χ3v) is 7.06. The fourth-order valence-electron chi connectivity index (χ4n) is 4.56. The van der Waals surface area contributed by atoms with E-state index < -0.39 is 6.04 Å². The summed E-state index contributed by atoms with van der Waals surface area (Å²) in [5.41, 5.74) is 0.478. The van der Waals surface area contributed by atoms with E-state index >= 15 is 0 Å². The molecule has 1 N–H and O–H groups in total. The second-order valence-electron chi connectivity index (χ2n) is 10.7. The maximum atomic E-state index is 13.6. The van der Waals surface area contributed by atoms with Gasteiger partial charge in [-0.25, -0.2) is 4.79 Å². The van der Waals surface area contributed by atoms with Crippen molar-refractivity contribution in [2.75, 3.05) is 20.2 Å². The van der Waals surface area contributed by atoms with Crippen molar-refractivity contribution < 1.29 is 19.1 Å². The number of ether oxygens (including phenoxy) is 1. The highest BCUT2D eigenvalue weighted by Crippen LogP contribution is 2.24. The third-order valence-electron chi connectivity index (χ3n) is 7.06. The van der Waals surface area contributed by atoms with Crippen molar-refractivity contribution in [3.63, 3.8) is 0 Å². The number of rotatable bonds is 11. The number of piperidine rings is 1. The molecule has 0 aliphatic carbocycles. The van der Waals surface area contributed by atoms with Gasteiger partial charge in [0.1, 0.15) is 6.04 Å². The molecule has 1 saturated heterocycles. The molecular formula is C27H49N3O4. The third kappa shape index (κ3) is 8.10. The molecule has 196 valence electrons. The molecule has 1 unspecified atom stereocenters. The normalized spacial score (nSPS) is 20.3. The van der Waals surface area contributed by atoms with Gasteiger partial charge in [-0.15, -0.1) is 0 Å². The van der Waals surface area contributed by atoms with E-state index in [2.05, 4.69) is 31.0 Å². The van der Waals surface area contributed by atoms with Crippen LogP contribution in [-0.4, -0.2) is 72.0 Å². The molecule has 1 fully saturated rings. The summed E-state index contributed by atoms with van der Waals surface area (Å²) in [7, 11) is 1.75. The Hall–Kier alpha value is -1.89. The van der Waals surface area contributed by atoms with Crippen LogP contribution in [0.4, 0.5) is 0 Å². The number of hydrogen-bond donors (Lipinski definition) is 1. The number of carbonyl (C=O) groups excluding carboxylic acids is 3. The number of hydrogen-bond acceptors (Lipinski definition) is 5. The molecule has 0 aromatic heterocycles. The van der Waals surface area contributed by atoms with Crippen LogP contribution < -0.4 is 5.32 Å². The smallest absolute Gasteiger partial charge is 0.333 e. The Bertz CT molecular complexity index is 717. The molecule has 7 heteroatoms. The van der Waals surface area contributed by atoms with Crippen LogP contribution in [0.15, 0.2) is 11.6 Å². The fourth-order valence-corrected chi connectivity index (χ4v) is 4.56. The van der Waals surface area contributed by atoms with Crippen LogP contribution in [-0.2, 0) is 19.1 Å². The Labute approximate surface area is 207 Å². The number of amides is 2. The standard InChI is InChI=1S/C27H49N3O4/c1-11-34-27(33)20(8)16-23(18(4)5)29(10)26(32)24(19(6)7)28-25(31)22-14-12-13-15-30(22)21(9)17(2)3/h16-19,21-24H,11-15H2,1-10H3,(H,28,31)/b20-16+/t21?,22-,23-,24+/m1/s1. The Balaban J connectivity index is 3.09. The number of nitrogens with zero attached hydrogens (tertiary/aromatic N) is 2. The minimum atomic E-state index is -0.631. The lowest BCUT2D eigenvalue weighted by atomic mass is 9.93. The molecule has 1 rings (SSSR count). The average Bonchev–Trinajstić information content (AvgIpc) is 2.78. The van der Waals surface area contributed by atoms with Gasteiger partial charge in [0.25, 0.3) is 0 Å². The largest absolute Gasteiger partial charge is 0.463 e. The molecule has 4 atom stereocenters. The maximum Gasteiger partial charge on any atom is 0.333 e. The van der Waals surface area contributed by atoms with Gasteiger partial charge in [-0.1, -0.05) is 54.0 Å². The average molecular weight is 480 g/mol. The first-order valence-corrected chi connectivity index (χ1v) is 13.0. The van der Waals surface area contributed by atoms with E-state index in [0.29, 0.717) is 24.1 Å². The highest BCUT2D eigenvalue weighted by atomic mass is 16.5. The van der Waals surface area contributed by atoms with Crippen molar-refractivity contribution in [2.45, 2.75) is 106 Å². The van der Waals surface area contributed by atoms with E-state index in [1.54, 1.807) is 31.9 Å². The van der Waals surface area contributed by atoms with Crippen LogP contribution in [0, 0.1) is 17.8 Å². The van der Waals surface area contributed by atoms with Crippen molar-refractivity contribution in [3.05, 3.63) is 11.6 Å². The van der Waals surface area contributed by atoms with Gasteiger partial charge in [-0.2, -0.15) is 0 Å². The number of esters is 1. The molecule has 0 saturated carbocycles. The first kappa shape index (κ1) is 30.1. The maximum absolute atomic E-state index is 13.6. The number of nitrogens with one attached hydrogen (secondary N) is 1. The minimum absolute atomic E-state index is 0.0630. The Morgan fingerprint density at radius 3 is 2.15 bits per heavy atom. The highest BCUT2D eigenvalue weighted by molar-refractivity contribution is 5.91. The molecule has 1 aliphatic heterocycles. The molecule has 0 aromatic carbocycles. The molecule has 0 radical (unpaired) electrons. The van der Waals surface area contributed by atoms with Crippen molar-refractivity contribution in [1.29, 1.82) is 0 Å². The Kier molecular flexibility index (Phi) is 12.3. The summed E-state index contributed by atoms with van der Waals surface area (Å²) < 4.78 is 5.10. The highest BCUT2D eigenvalue weighted by Gasteiger charge is 2.37. The zero-order valence-corrected chi connectivity index (χ0v) is 23.2. The van der Waals surface area contributed by atoms with Crippen molar-refractivity contribution in [2.24, 2.45) is 17.8 Å². The van der Waals surface area contributed by atoms with Crippen molar-refractivity contribution >= 4 is 17.8 Å². The van der Waals surface area contributed by atoms with Gasteiger partial charge in [-0.3, -0.25) is 14.5 Å². The van der Waals surface area contributed by atoms with Crippen LogP contribution in [0.1, 0.15) is 81.6 Å². The van der Waals surface area contributed by atoms with E-state index in [0.717, 1.165) is 25.8 Å². The summed E-state index contributed by atoms with van der Waals surface area (Å²) in [6.07, 6.45) is 4.73. The van der Waals surface area contributed by atoms with E-state index in [9.17, 15) is 14.4 Å². The lowest BCUT2D eigenvalue weighted by molar-refractivity contribution is -0.140. The first-order chi connectivity index (χ1) is 15.8. The second kappa shape index (κ2) is 13.9. The Morgan fingerprint density at radius 2 is 1.65 bits per heavy atom. The summed E-state index contributed by atoms with van der Waals surface area (Å²) in [6, 6.07) is -0.832. The Morgan fingerprint density at radius 1 is 1.03 bits per heavy atom. The van der Waals surface area contributed by atoms with Gasteiger partial charge in [0, 0.05) is 18.7 Å². The summed E-state index contributed by atoms with van der Waals surface area (Å²) in [4.78, 5) is 43.1. The molecule has 0 aromatic rings. The predicted octanol–water partition coefficient (Wildman–Crippen LogP) is 4.02. The summed E-state index contributed by atoms with van der Waals surface area (Å²) in [5.74, 6) is -0.118. The monoisotopic (exact) mass is 479 g/mol. The summed E-state index contributed by atoms with van der Waals surface area (Å²) >= 11 is 0. The van der Waals surface area contributed by atoms with Gasteiger partial charge in [-0.05, 0) is 57.9 Å². The van der Waals surface area contributed by atoms with Gasteiger partial charge in [0.15, 0.2) is 0 Å². The molecule has 0 bridgehead atoms. The molecule has 34 heavy (non-hydrogen) atoms. The van der Waals surface area contributed by atoms with E-state index in [4.69, 9.17) is 4.74 Å². The SMILES string of the molecule is CCOC(=O)/C(C)=C/[C@H](C(C)C)N(C)C(=O)[C@@H](NC(=O)[C@H]1CCCCN1C(C)C(C)C)C(C)C. The van der Waals surface area contributed by atoms with Crippen molar-refractivity contribution in [3.8, 4) is 0 Å². The van der Waals surface area contributed by atoms with Gasteiger partial charge in [0.2, 0.25) is 11.8 Å². The minimum Gasteiger partial charge on any atom is -0.463 e. The van der Waals surface area contributed by atoms with E-state index in [1.165, 1.54) is 0 Å². The van der Waals surface area contributed by atoms with E-state index in [-0.39, 0.29) is 41.7 Å². The van der Waals surface area contributed by atoms with Crippen LogP contribution in [0.25, 0.3) is 0 Å². The van der Waals surface area contributed by atoms with Gasteiger partial charge < -0.3 is 15.0 Å². The zero-order valence-electron chi connectivity index (χ0n) is 23.2.